The molecule has 0 spiro atoms. The normalized spacial score (nSPS) is 15.3. The predicted octanol–water partition coefficient (Wildman–Crippen LogP) is 3.49. The number of carbonyl (C=O) groups is 1. The SMILES string of the molecule is CC1CCN(CC(=O)NCc2ccc(-c3[nH]ncc3-c3ccncc3)cc2)CC1. The molecule has 1 fully saturated rings. The van der Waals surface area contributed by atoms with Gasteiger partial charge in [-0.25, -0.2) is 0 Å². The molecule has 0 bridgehead atoms. The van der Waals surface area contributed by atoms with E-state index in [1.165, 1.54) is 12.8 Å². The van der Waals surface area contributed by atoms with Crippen LogP contribution in [0.15, 0.2) is 55.0 Å². The van der Waals surface area contributed by atoms with E-state index in [9.17, 15) is 4.79 Å². The number of aromatic amines is 1. The minimum atomic E-state index is 0.0946. The van der Waals surface area contributed by atoms with Crippen LogP contribution in [-0.4, -0.2) is 45.6 Å². The highest BCUT2D eigenvalue weighted by Gasteiger charge is 2.17. The fourth-order valence-electron chi connectivity index (χ4n) is 3.73. The van der Waals surface area contributed by atoms with E-state index >= 15 is 0 Å². The number of benzene rings is 1. The van der Waals surface area contributed by atoms with Gasteiger partial charge in [0.15, 0.2) is 0 Å². The number of hydrogen-bond acceptors (Lipinski definition) is 4. The fourth-order valence-corrected chi connectivity index (χ4v) is 3.73. The molecule has 0 atom stereocenters. The molecule has 3 aromatic rings. The maximum atomic E-state index is 12.3. The van der Waals surface area contributed by atoms with Gasteiger partial charge in [-0.15, -0.1) is 0 Å². The van der Waals surface area contributed by atoms with Crippen LogP contribution < -0.4 is 5.32 Å². The van der Waals surface area contributed by atoms with Crippen LogP contribution in [0.3, 0.4) is 0 Å². The molecule has 1 amide bonds. The van der Waals surface area contributed by atoms with Crippen molar-refractivity contribution >= 4 is 5.91 Å². The minimum Gasteiger partial charge on any atom is -0.351 e. The molecule has 4 rings (SSSR count). The van der Waals surface area contributed by atoms with Crippen LogP contribution >= 0.6 is 0 Å². The smallest absolute Gasteiger partial charge is 0.234 e. The first kappa shape index (κ1) is 19.3. The molecule has 1 aliphatic heterocycles. The summed E-state index contributed by atoms with van der Waals surface area (Å²) in [6.07, 6.45) is 7.76. The van der Waals surface area contributed by atoms with Crippen LogP contribution in [0.25, 0.3) is 22.4 Å². The summed E-state index contributed by atoms with van der Waals surface area (Å²) in [4.78, 5) is 18.6. The van der Waals surface area contributed by atoms with E-state index < -0.39 is 0 Å². The summed E-state index contributed by atoms with van der Waals surface area (Å²) in [5, 5.41) is 10.3. The number of nitrogens with zero attached hydrogens (tertiary/aromatic N) is 3. The Morgan fingerprint density at radius 3 is 2.55 bits per heavy atom. The van der Waals surface area contributed by atoms with Gasteiger partial charge in [-0.2, -0.15) is 5.10 Å². The number of nitrogens with one attached hydrogen (secondary N) is 2. The average molecular weight is 390 g/mol. The lowest BCUT2D eigenvalue weighted by Gasteiger charge is -2.29. The van der Waals surface area contributed by atoms with Crippen molar-refractivity contribution in [3.63, 3.8) is 0 Å². The topological polar surface area (TPSA) is 73.9 Å². The molecule has 2 N–H and O–H groups in total. The predicted molar refractivity (Wildman–Crippen MR) is 114 cm³/mol. The van der Waals surface area contributed by atoms with Gasteiger partial charge < -0.3 is 5.32 Å². The molecule has 0 radical (unpaired) electrons. The Hall–Kier alpha value is -2.99. The Balaban J connectivity index is 1.34. The number of likely N-dealkylation sites (tertiary alicyclic amines) is 1. The molecule has 1 aromatic carbocycles. The summed E-state index contributed by atoms with van der Waals surface area (Å²) in [6.45, 7) is 5.36. The van der Waals surface area contributed by atoms with E-state index in [0.717, 1.165) is 47.0 Å². The van der Waals surface area contributed by atoms with Crippen molar-refractivity contribution in [2.75, 3.05) is 19.6 Å². The van der Waals surface area contributed by atoms with Gasteiger partial charge in [-0.05, 0) is 55.1 Å². The summed E-state index contributed by atoms with van der Waals surface area (Å²) in [7, 11) is 0. The Bertz CT molecular complexity index is 927. The Kier molecular flexibility index (Phi) is 6.00. The first-order valence-corrected chi connectivity index (χ1v) is 10.2. The average Bonchev–Trinajstić information content (AvgIpc) is 3.25. The summed E-state index contributed by atoms with van der Waals surface area (Å²) in [5.74, 6) is 0.874. The highest BCUT2D eigenvalue weighted by atomic mass is 16.2. The Morgan fingerprint density at radius 2 is 1.83 bits per heavy atom. The van der Waals surface area contributed by atoms with E-state index in [1.54, 1.807) is 12.4 Å². The van der Waals surface area contributed by atoms with Crippen LogP contribution in [0.5, 0.6) is 0 Å². The van der Waals surface area contributed by atoms with Crippen molar-refractivity contribution in [3.05, 3.63) is 60.6 Å². The number of rotatable bonds is 6. The highest BCUT2D eigenvalue weighted by Crippen LogP contribution is 2.29. The third kappa shape index (κ3) is 4.90. The van der Waals surface area contributed by atoms with Crippen molar-refractivity contribution in [1.82, 2.24) is 25.4 Å². The van der Waals surface area contributed by atoms with Gasteiger partial charge in [0.2, 0.25) is 5.91 Å². The molecular formula is C23H27N5O. The molecule has 0 aliphatic carbocycles. The largest absolute Gasteiger partial charge is 0.351 e. The number of carbonyl (C=O) groups excluding carboxylic acids is 1. The number of hydrogen-bond donors (Lipinski definition) is 2. The Labute approximate surface area is 171 Å². The van der Waals surface area contributed by atoms with Crippen molar-refractivity contribution in [1.29, 1.82) is 0 Å². The monoisotopic (exact) mass is 389 g/mol. The zero-order chi connectivity index (χ0) is 20.1. The molecule has 1 aliphatic rings. The number of amides is 1. The molecule has 1 saturated heterocycles. The van der Waals surface area contributed by atoms with E-state index in [-0.39, 0.29) is 5.91 Å². The van der Waals surface area contributed by atoms with Crippen LogP contribution in [0.1, 0.15) is 25.3 Å². The molecule has 0 saturated carbocycles. The van der Waals surface area contributed by atoms with Crippen LogP contribution in [0, 0.1) is 5.92 Å². The van der Waals surface area contributed by atoms with Crippen molar-refractivity contribution in [2.45, 2.75) is 26.3 Å². The first-order chi connectivity index (χ1) is 14.2. The third-order valence-electron chi connectivity index (χ3n) is 5.61. The first-order valence-electron chi connectivity index (χ1n) is 10.2. The van der Waals surface area contributed by atoms with E-state index in [4.69, 9.17) is 0 Å². The zero-order valence-electron chi connectivity index (χ0n) is 16.8. The zero-order valence-corrected chi connectivity index (χ0v) is 16.8. The summed E-state index contributed by atoms with van der Waals surface area (Å²) in [6, 6.07) is 12.2. The molecule has 2 aromatic heterocycles. The summed E-state index contributed by atoms with van der Waals surface area (Å²) >= 11 is 0. The van der Waals surface area contributed by atoms with Crippen molar-refractivity contribution in [2.24, 2.45) is 5.92 Å². The fraction of sp³-hybridized carbons (Fsp3) is 0.348. The quantitative estimate of drug-likeness (QED) is 0.677. The van der Waals surface area contributed by atoms with Gasteiger partial charge in [0.1, 0.15) is 0 Å². The van der Waals surface area contributed by atoms with Gasteiger partial charge in [0.05, 0.1) is 18.4 Å². The number of pyridine rings is 1. The van der Waals surface area contributed by atoms with Gasteiger partial charge in [-0.1, -0.05) is 31.2 Å². The van der Waals surface area contributed by atoms with Gasteiger partial charge in [0.25, 0.3) is 0 Å². The number of H-pyrrole nitrogens is 1. The van der Waals surface area contributed by atoms with Gasteiger partial charge in [-0.3, -0.25) is 19.8 Å². The molecular weight excluding hydrogens is 362 g/mol. The van der Waals surface area contributed by atoms with Gasteiger partial charge in [0, 0.05) is 30.1 Å². The van der Waals surface area contributed by atoms with Crippen LogP contribution in [-0.2, 0) is 11.3 Å². The number of piperidine rings is 1. The highest BCUT2D eigenvalue weighted by molar-refractivity contribution is 5.80. The number of aromatic nitrogens is 3. The molecule has 150 valence electrons. The maximum Gasteiger partial charge on any atom is 0.234 e. The lowest BCUT2D eigenvalue weighted by Crippen LogP contribution is -2.41. The van der Waals surface area contributed by atoms with E-state index in [1.807, 2.05) is 18.3 Å². The second-order valence-corrected chi connectivity index (χ2v) is 7.83. The lowest BCUT2D eigenvalue weighted by molar-refractivity contribution is -0.122. The van der Waals surface area contributed by atoms with Crippen LogP contribution in [0.4, 0.5) is 0 Å². The summed E-state index contributed by atoms with van der Waals surface area (Å²) in [5.41, 5.74) is 5.24. The molecule has 6 heteroatoms. The maximum absolute atomic E-state index is 12.3. The van der Waals surface area contributed by atoms with Crippen molar-refractivity contribution < 1.29 is 4.79 Å². The van der Waals surface area contributed by atoms with E-state index in [0.29, 0.717) is 13.1 Å². The standard InChI is InChI=1S/C23H27N5O/c1-17-8-12-28(13-9-17)16-22(29)25-14-18-2-4-20(5-3-18)23-21(15-26-27-23)19-6-10-24-11-7-19/h2-7,10-11,15,17H,8-9,12-14,16H2,1H3,(H,25,29)(H,26,27). The summed E-state index contributed by atoms with van der Waals surface area (Å²) < 4.78 is 0. The van der Waals surface area contributed by atoms with E-state index in [2.05, 4.69) is 56.6 Å². The van der Waals surface area contributed by atoms with Crippen LogP contribution in [0.2, 0.25) is 0 Å². The Morgan fingerprint density at radius 1 is 1.10 bits per heavy atom. The van der Waals surface area contributed by atoms with Crippen molar-refractivity contribution in [3.8, 4) is 22.4 Å². The third-order valence-corrected chi connectivity index (χ3v) is 5.61. The lowest BCUT2D eigenvalue weighted by atomic mass is 9.99. The molecule has 29 heavy (non-hydrogen) atoms. The second kappa shape index (κ2) is 9.01. The molecule has 6 nitrogen and oxygen atoms in total. The molecule has 3 heterocycles. The second-order valence-electron chi connectivity index (χ2n) is 7.83. The van der Waals surface area contributed by atoms with Gasteiger partial charge >= 0.3 is 0 Å². The molecule has 0 unspecified atom stereocenters. The minimum absolute atomic E-state index is 0.0946.